The topological polar surface area (TPSA) is 48.8 Å². The number of furan rings is 1. The Morgan fingerprint density at radius 1 is 0.511 bits per heavy atom. The van der Waals surface area contributed by atoms with E-state index in [0.717, 1.165) is 27.2 Å². The van der Waals surface area contributed by atoms with E-state index in [9.17, 15) is 0 Å². The maximum atomic E-state index is 9.06. The van der Waals surface area contributed by atoms with Crippen LogP contribution in [0.3, 0.4) is 0 Å². The zero-order chi connectivity index (χ0) is 36.4. The quantitative estimate of drug-likeness (QED) is 0.208. The van der Waals surface area contributed by atoms with Crippen molar-refractivity contribution in [1.82, 2.24) is 19.1 Å². The summed E-state index contributed by atoms with van der Waals surface area (Å²) >= 11 is 0. The molecule has 0 aliphatic heterocycles. The smallest absolute Gasteiger partial charge is 0.197 e. The van der Waals surface area contributed by atoms with Crippen LogP contribution < -0.4 is 0 Å². The van der Waals surface area contributed by atoms with Crippen LogP contribution in [0.1, 0.15) is 11.0 Å². The molecule has 4 aromatic heterocycles. The van der Waals surface area contributed by atoms with Gasteiger partial charge in [-0.25, -0.2) is 9.97 Å². The molecule has 0 unspecified atom stereocenters. The van der Waals surface area contributed by atoms with Gasteiger partial charge < -0.3 is 8.98 Å². The lowest BCUT2D eigenvalue weighted by Crippen LogP contribution is -2.04. The van der Waals surface area contributed by atoms with Gasteiger partial charge in [-0.1, -0.05) is 96.9 Å². The van der Waals surface area contributed by atoms with Gasteiger partial charge in [0.05, 0.1) is 38.7 Å². The van der Waals surface area contributed by atoms with E-state index in [-0.39, 0.29) is 39.7 Å². The van der Waals surface area contributed by atoms with Crippen LogP contribution in [0.4, 0.5) is 0 Å². The predicted octanol–water partition coefficient (Wildman–Crippen LogP) is 10.2. The Labute approximate surface area is 268 Å². The van der Waals surface area contributed by atoms with Gasteiger partial charge in [0.2, 0.25) is 0 Å². The number of rotatable bonds is 3. The third-order valence-corrected chi connectivity index (χ3v) is 8.41. The van der Waals surface area contributed by atoms with Crippen LogP contribution in [0.5, 0.6) is 0 Å². The largest absolute Gasteiger partial charge is 0.450 e. The van der Waals surface area contributed by atoms with E-state index >= 15 is 0 Å². The van der Waals surface area contributed by atoms with Crippen molar-refractivity contribution in [2.75, 3.05) is 0 Å². The van der Waals surface area contributed by atoms with Crippen molar-refractivity contribution < 1.29 is 15.4 Å². The molecule has 0 atom stereocenters. The molecular formula is C40H24N4O. The fourth-order valence-electron chi connectivity index (χ4n) is 6.52. The monoisotopic (exact) mass is 584 g/mol. The third-order valence-electron chi connectivity index (χ3n) is 8.41. The van der Waals surface area contributed by atoms with Gasteiger partial charge in [-0.05, 0) is 48.5 Å². The standard InChI is InChI=1S/C40H24N4O/c1-7-19-31-25(13-1)26-14-2-8-20-32(26)43(31)35-23-11-5-17-29(35)39-41-37-30-18-6-12-24-36(30)45-38(37)40(42-39)44-33-21-9-3-15-27(33)28-16-4-10-22-34(28)44/h1-24H/i1D,2D,7D,8D,13D,14D,19D,20D. The molecule has 4 heterocycles. The second-order valence-corrected chi connectivity index (χ2v) is 10.8. The molecule has 0 aliphatic carbocycles. The molecule has 6 aromatic carbocycles. The van der Waals surface area contributed by atoms with Crippen LogP contribution in [-0.4, -0.2) is 19.1 Å². The van der Waals surface area contributed by atoms with E-state index in [2.05, 4.69) is 16.7 Å². The zero-order valence-electron chi connectivity index (χ0n) is 31.4. The molecule has 0 saturated carbocycles. The number of para-hydroxylation sites is 6. The zero-order valence-corrected chi connectivity index (χ0v) is 23.4. The molecule has 210 valence electrons. The van der Waals surface area contributed by atoms with Gasteiger partial charge in [0.25, 0.3) is 0 Å². The number of hydrogen-bond acceptors (Lipinski definition) is 3. The van der Waals surface area contributed by atoms with E-state index in [1.54, 1.807) is 24.3 Å². The average Bonchev–Trinajstić information content (AvgIpc) is 3.86. The summed E-state index contributed by atoms with van der Waals surface area (Å²) in [4.78, 5) is 10.3. The minimum Gasteiger partial charge on any atom is -0.450 e. The summed E-state index contributed by atoms with van der Waals surface area (Å²) < 4.78 is 80.0. The Morgan fingerprint density at radius 3 is 1.80 bits per heavy atom. The highest BCUT2D eigenvalue weighted by Crippen LogP contribution is 2.40. The van der Waals surface area contributed by atoms with Crippen LogP contribution in [0.25, 0.3) is 88.6 Å². The van der Waals surface area contributed by atoms with Crippen molar-refractivity contribution >= 4 is 65.7 Å². The van der Waals surface area contributed by atoms with Gasteiger partial charge in [0.1, 0.15) is 11.1 Å². The van der Waals surface area contributed by atoms with E-state index in [0.29, 0.717) is 33.8 Å². The first-order valence-corrected chi connectivity index (χ1v) is 14.5. The first-order chi connectivity index (χ1) is 25.7. The van der Waals surface area contributed by atoms with E-state index in [1.807, 2.05) is 60.7 Å². The maximum absolute atomic E-state index is 9.06. The Morgan fingerprint density at radius 2 is 1.09 bits per heavy atom. The molecule has 0 radical (unpaired) electrons. The summed E-state index contributed by atoms with van der Waals surface area (Å²) in [6.07, 6.45) is 0. The van der Waals surface area contributed by atoms with Gasteiger partial charge in [0, 0.05) is 32.5 Å². The van der Waals surface area contributed by atoms with Crippen LogP contribution in [0.2, 0.25) is 0 Å². The Balaban J connectivity index is 1.38. The van der Waals surface area contributed by atoms with Crippen LogP contribution >= 0.6 is 0 Å². The van der Waals surface area contributed by atoms with Gasteiger partial charge in [-0.2, -0.15) is 0 Å². The molecule has 0 fully saturated rings. The Bertz CT molecular complexity index is 3110. The minimum atomic E-state index is -0.501. The summed E-state index contributed by atoms with van der Waals surface area (Å²) in [7, 11) is 0. The number of hydrogen-bond donors (Lipinski definition) is 0. The molecule has 10 aromatic rings. The molecule has 0 spiro atoms. The lowest BCUT2D eigenvalue weighted by atomic mass is 10.1. The molecule has 0 amide bonds. The SMILES string of the molecule is [2H]c1c([2H])c([2H])c2c(c1[2H])c1c([2H])c([2H])c([2H])c([2H])c1n2-c1ccccc1-c1nc(-n2c3ccccc3c3ccccc32)c2oc3ccccc3c2n1. The first kappa shape index (κ1) is 17.8. The molecule has 0 saturated heterocycles. The Hall–Kier alpha value is -6.20. The lowest BCUT2D eigenvalue weighted by Gasteiger charge is -2.14. The van der Waals surface area contributed by atoms with Crippen molar-refractivity contribution in [2.24, 2.45) is 0 Å². The maximum Gasteiger partial charge on any atom is 0.197 e. The number of fused-ring (bicyclic) bond motifs is 9. The van der Waals surface area contributed by atoms with Crippen LogP contribution in [0, 0.1) is 0 Å². The summed E-state index contributed by atoms with van der Waals surface area (Å²) in [5, 5.41) is 2.82. The van der Waals surface area contributed by atoms with Crippen molar-refractivity contribution in [3.63, 3.8) is 0 Å². The molecule has 45 heavy (non-hydrogen) atoms. The molecular weight excluding hydrogens is 552 g/mol. The fraction of sp³-hybridized carbons (Fsp3) is 0. The van der Waals surface area contributed by atoms with Gasteiger partial charge in [-0.15, -0.1) is 0 Å². The van der Waals surface area contributed by atoms with Crippen LogP contribution in [0.15, 0.2) is 150 Å². The first-order valence-electron chi connectivity index (χ1n) is 18.5. The van der Waals surface area contributed by atoms with Crippen LogP contribution in [-0.2, 0) is 0 Å². The number of aromatic nitrogens is 4. The van der Waals surface area contributed by atoms with Crippen molar-refractivity contribution in [3.05, 3.63) is 145 Å². The molecule has 5 heteroatoms. The fourth-order valence-corrected chi connectivity index (χ4v) is 6.52. The highest BCUT2D eigenvalue weighted by molar-refractivity contribution is 6.12. The van der Waals surface area contributed by atoms with Crippen molar-refractivity contribution in [3.8, 4) is 22.9 Å². The van der Waals surface area contributed by atoms with Crippen molar-refractivity contribution in [2.45, 2.75) is 0 Å². The van der Waals surface area contributed by atoms with E-state index < -0.39 is 36.3 Å². The molecule has 0 bridgehead atoms. The van der Waals surface area contributed by atoms with Gasteiger partial charge in [-0.3, -0.25) is 4.57 Å². The number of nitrogens with zero attached hydrogens (tertiary/aromatic N) is 4. The van der Waals surface area contributed by atoms with E-state index in [1.165, 1.54) is 4.57 Å². The molecule has 0 N–H and O–H groups in total. The highest BCUT2D eigenvalue weighted by atomic mass is 16.3. The summed E-state index contributed by atoms with van der Waals surface area (Å²) in [6, 6.07) is 27.2. The molecule has 10 rings (SSSR count). The van der Waals surface area contributed by atoms with E-state index in [4.69, 9.17) is 25.4 Å². The summed E-state index contributed by atoms with van der Waals surface area (Å²) in [6.45, 7) is 0. The summed E-state index contributed by atoms with van der Waals surface area (Å²) in [5.74, 6) is 0.757. The summed E-state index contributed by atoms with van der Waals surface area (Å²) in [5.41, 5.74) is 4.32. The lowest BCUT2D eigenvalue weighted by molar-refractivity contribution is 0.662. The van der Waals surface area contributed by atoms with Gasteiger partial charge >= 0.3 is 0 Å². The highest BCUT2D eigenvalue weighted by Gasteiger charge is 2.23. The average molecular weight is 585 g/mol. The second-order valence-electron chi connectivity index (χ2n) is 10.8. The number of benzene rings is 6. The molecule has 0 aliphatic rings. The van der Waals surface area contributed by atoms with Crippen molar-refractivity contribution in [1.29, 1.82) is 0 Å². The normalized spacial score (nSPS) is 14.5. The minimum absolute atomic E-state index is 0.00373. The molecule has 5 nitrogen and oxygen atoms in total. The predicted molar refractivity (Wildman–Crippen MR) is 183 cm³/mol. The second kappa shape index (κ2) is 9.15. The van der Waals surface area contributed by atoms with Gasteiger partial charge in [0.15, 0.2) is 17.2 Å². The Kier molecular flexibility index (Phi) is 3.62. The third kappa shape index (κ3) is 3.38.